The fraction of sp³-hybridized carbons (Fsp3) is 0.118. The smallest absolute Gasteiger partial charge is 0.266 e. The van der Waals surface area contributed by atoms with E-state index >= 15 is 0 Å². The van der Waals surface area contributed by atoms with Crippen molar-refractivity contribution in [2.45, 2.75) is 6.54 Å². The van der Waals surface area contributed by atoms with Crippen LogP contribution >= 0.6 is 0 Å². The Kier molecular flexibility index (Phi) is 4.69. The molecule has 0 aliphatic carbocycles. The van der Waals surface area contributed by atoms with Crippen molar-refractivity contribution < 1.29 is 18.0 Å². The SMILES string of the molecule is O=C(NCCn1nc(-c2ccco2)ccc1=O)c1cc(F)cc(F)c1. The molecule has 1 aromatic carbocycles. The lowest BCUT2D eigenvalue weighted by Gasteiger charge is -2.08. The fourth-order valence-corrected chi connectivity index (χ4v) is 2.23. The van der Waals surface area contributed by atoms with Gasteiger partial charge in [-0.3, -0.25) is 9.59 Å². The number of nitrogens with zero attached hydrogens (tertiary/aromatic N) is 2. The van der Waals surface area contributed by atoms with Crippen LogP contribution < -0.4 is 10.9 Å². The van der Waals surface area contributed by atoms with Crippen LogP contribution in [0, 0.1) is 11.6 Å². The van der Waals surface area contributed by atoms with E-state index < -0.39 is 17.5 Å². The minimum atomic E-state index is -0.839. The zero-order valence-corrected chi connectivity index (χ0v) is 12.9. The van der Waals surface area contributed by atoms with E-state index in [0.717, 1.165) is 12.1 Å². The van der Waals surface area contributed by atoms with Gasteiger partial charge in [0.25, 0.3) is 11.5 Å². The van der Waals surface area contributed by atoms with Crippen LogP contribution in [0.15, 0.2) is 57.9 Å². The first-order valence-electron chi connectivity index (χ1n) is 7.39. The molecule has 3 aromatic rings. The quantitative estimate of drug-likeness (QED) is 0.769. The summed E-state index contributed by atoms with van der Waals surface area (Å²) in [6, 6.07) is 8.82. The predicted molar refractivity (Wildman–Crippen MR) is 84.9 cm³/mol. The summed E-state index contributed by atoms with van der Waals surface area (Å²) >= 11 is 0. The highest BCUT2D eigenvalue weighted by Gasteiger charge is 2.10. The second-order valence-electron chi connectivity index (χ2n) is 5.17. The van der Waals surface area contributed by atoms with Gasteiger partial charge >= 0.3 is 0 Å². The summed E-state index contributed by atoms with van der Waals surface area (Å²) < 4.78 is 32.6. The molecule has 1 amide bonds. The highest BCUT2D eigenvalue weighted by Crippen LogP contribution is 2.15. The van der Waals surface area contributed by atoms with Gasteiger partial charge in [-0.05, 0) is 30.3 Å². The summed E-state index contributed by atoms with van der Waals surface area (Å²) in [5.74, 6) is -1.81. The van der Waals surface area contributed by atoms with E-state index in [9.17, 15) is 18.4 Å². The monoisotopic (exact) mass is 345 g/mol. The number of rotatable bonds is 5. The van der Waals surface area contributed by atoms with Crippen molar-refractivity contribution in [1.82, 2.24) is 15.1 Å². The number of benzene rings is 1. The molecule has 25 heavy (non-hydrogen) atoms. The molecule has 0 radical (unpaired) electrons. The van der Waals surface area contributed by atoms with E-state index in [1.165, 1.54) is 23.1 Å². The number of carbonyl (C=O) groups is 1. The van der Waals surface area contributed by atoms with Crippen molar-refractivity contribution >= 4 is 5.91 Å². The molecule has 2 aromatic heterocycles. The molecular weight excluding hydrogens is 332 g/mol. The highest BCUT2D eigenvalue weighted by atomic mass is 19.1. The number of halogens is 2. The van der Waals surface area contributed by atoms with Crippen molar-refractivity contribution in [3.63, 3.8) is 0 Å². The number of furan rings is 1. The van der Waals surface area contributed by atoms with Crippen LogP contribution in [0.1, 0.15) is 10.4 Å². The lowest BCUT2D eigenvalue weighted by molar-refractivity contribution is 0.0951. The van der Waals surface area contributed by atoms with Gasteiger partial charge in [0.1, 0.15) is 17.3 Å². The summed E-state index contributed by atoms with van der Waals surface area (Å²) in [6.45, 7) is 0.155. The summed E-state index contributed by atoms with van der Waals surface area (Å²) in [5.41, 5.74) is -0.00775. The average molecular weight is 345 g/mol. The number of hydrogen-bond donors (Lipinski definition) is 1. The summed E-state index contributed by atoms with van der Waals surface area (Å²) in [7, 11) is 0. The average Bonchev–Trinajstić information content (AvgIpc) is 3.10. The van der Waals surface area contributed by atoms with Crippen LogP contribution in [0.4, 0.5) is 8.78 Å². The Morgan fingerprint density at radius 2 is 1.92 bits per heavy atom. The van der Waals surface area contributed by atoms with Gasteiger partial charge in [-0.1, -0.05) is 0 Å². The van der Waals surface area contributed by atoms with Gasteiger partial charge in [0.2, 0.25) is 0 Å². The molecule has 6 nitrogen and oxygen atoms in total. The van der Waals surface area contributed by atoms with Crippen molar-refractivity contribution in [2.75, 3.05) is 6.54 Å². The number of carbonyl (C=O) groups excluding carboxylic acids is 1. The third-order valence-corrected chi connectivity index (χ3v) is 3.37. The van der Waals surface area contributed by atoms with Gasteiger partial charge in [-0.25, -0.2) is 13.5 Å². The van der Waals surface area contributed by atoms with Crippen LogP contribution in [0.25, 0.3) is 11.5 Å². The van der Waals surface area contributed by atoms with Gasteiger partial charge < -0.3 is 9.73 Å². The zero-order chi connectivity index (χ0) is 17.8. The van der Waals surface area contributed by atoms with Crippen molar-refractivity contribution in [2.24, 2.45) is 0 Å². The van der Waals surface area contributed by atoms with E-state index in [4.69, 9.17) is 4.42 Å². The molecule has 0 unspecified atom stereocenters. The molecule has 0 saturated heterocycles. The lowest BCUT2D eigenvalue weighted by atomic mass is 10.2. The van der Waals surface area contributed by atoms with E-state index in [0.29, 0.717) is 17.5 Å². The van der Waals surface area contributed by atoms with Crippen molar-refractivity contribution in [3.05, 3.63) is 76.3 Å². The molecule has 0 fully saturated rings. The molecule has 0 atom stereocenters. The number of hydrogen-bond acceptors (Lipinski definition) is 4. The topological polar surface area (TPSA) is 77.1 Å². The van der Waals surface area contributed by atoms with Crippen LogP contribution in [-0.2, 0) is 6.54 Å². The van der Waals surface area contributed by atoms with Crippen molar-refractivity contribution in [1.29, 1.82) is 0 Å². The van der Waals surface area contributed by atoms with Gasteiger partial charge in [-0.2, -0.15) is 5.10 Å². The first-order valence-corrected chi connectivity index (χ1v) is 7.39. The van der Waals surface area contributed by atoms with Crippen LogP contribution in [0.5, 0.6) is 0 Å². The Hall–Kier alpha value is -3.29. The van der Waals surface area contributed by atoms with E-state index in [-0.39, 0.29) is 24.2 Å². The zero-order valence-electron chi connectivity index (χ0n) is 12.9. The Labute approximate surface area is 140 Å². The van der Waals surface area contributed by atoms with Gasteiger partial charge in [0, 0.05) is 24.2 Å². The summed E-state index contributed by atoms with van der Waals surface area (Å²) in [6.07, 6.45) is 1.49. The molecule has 0 spiro atoms. The molecule has 2 heterocycles. The summed E-state index contributed by atoms with van der Waals surface area (Å²) in [4.78, 5) is 23.7. The van der Waals surface area contributed by atoms with Crippen LogP contribution in [0.3, 0.4) is 0 Å². The first kappa shape index (κ1) is 16.6. The number of nitrogens with one attached hydrogen (secondary N) is 1. The maximum Gasteiger partial charge on any atom is 0.266 e. The Balaban J connectivity index is 1.66. The maximum absolute atomic E-state index is 13.1. The molecule has 8 heteroatoms. The van der Waals surface area contributed by atoms with Crippen LogP contribution in [0.2, 0.25) is 0 Å². The second kappa shape index (κ2) is 7.08. The van der Waals surface area contributed by atoms with Crippen molar-refractivity contribution in [3.8, 4) is 11.5 Å². The minimum absolute atomic E-state index is 0.0610. The van der Waals surface area contributed by atoms with E-state index in [2.05, 4.69) is 10.4 Å². The van der Waals surface area contributed by atoms with E-state index in [1.807, 2.05) is 0 Å². The highest BCUT2D eigenvalue weighted by molar-refractivity contribution is 5.94. The molecule has 3 rings (SSSR count). The summed E-state index contributed by atoms with van der Waals surface area (Å²) in [5, 5.41) is 6.64. The lowest BCUT2D eigenvalue weighted by Crippen LogP contribution is -2.32. The third-order valence-electron chi connectivity index (χ3n) is 3.37. The molecule has 0 bridgehead atoms. The normalized spacial score (nSPS) is 10.6. The number of amides is 1. The maximum atomic E-state index is 13.1. The predicted octanol–water partition coefficient (Wildman–Crippen LogP) is 2.21. The molecule has 0 aliphatic heterocycles. The first-order chi connectivity index (χ1) is 12.0. The fourth-order valence-electron chi connectivity index (χ4n) is 2.23. The Morgan fingerprint density at radius 1 is 1.16 bits per heavy atom. The van der Waals surface area contributed by atoms with Crippen LogP contribution in [-0.4, -0.2) is 22.2 Å². The largest absolute Gasteiger partial charge is 0.463 e. The number of aromatic nitrogens is 2. The van der Waals surface area contributed by atoms with E-state index in [1.54, 1.807) is 12.1 Å². The third kappa shape index (κ3) is 3.97. The van der Waals surface area contributed by atoms with Gasteiger partial charge in [0.15, 0.2) is 5.76 Å². The molecule has 1 N–H and O–H groups in total. The standard InChI is InChI=1S/C17H13F2N3O3/c18-12-8-11(9-13(19)10-12)17(24)20-5-6-22-16(23)4-3-14(21-22)15-2-1-7-25-15/h1-4,7-10H,5-6H2,(H,20,24). The minimum Gasteiger partial charge on any atom is -0.463 e. The van der Waals surface area contributed by atoms with Gasteiger partial charge in [0.05, 0.1) is 12.8 Å². The van der Waals surface area contributed by atoms with Gasteiger partial charge in [-0.15, -0.1) is 0 Å². The molecule has 0 aliphatic rings. The molecule has 0 saturated carbocycles. The molecule has 128 valence electrons. The Morgan fingerprint density at radius 3 is 2.60 bits per heavy atom. The second-order valence-corrected chi connectivity index (χ2v) is 5.17. The molecular formula is C17H13F2N3O3. The Bertz CT molecular complexity index is 932.